The highest BCUT2D eigenvalue weighted by Crippen LogP contribution is 2.18. The van der Waals surface area contributed by atoms with Crippen molar-refractivity contribution in [1.29, 1.82) is 0 Å². The third-order valence-electron chi connectivity index (χ3n) is 2.31. The predicted molar refractivity (Wildman–Crippen MR) is 77.1 cm³/mol. The maximum Gasteiger partial charge on any atom is 0.250 e. The molecule has 7 heteroatoms. The quantitative estimate of drug-likeness (QED) is 0.831. The second-order valence-electron chi connectivity index (χ2n) is 3.63. The maximum atomic E-state index is 11.8. The van der Waals surface area contributed by atoms with Crippen LogP contribution in [-0.4, -0.2) is 15.0 Å². The van der Waals surface area contributed by atoms with Crippen molar-refractivity contribution >= 4 is 44.3 Å². The van der Waals surface area contributed by atoms with Crippen molar-refractivity contribution in [1.82, 2.24) is 4.72 Å². The Labute approximate surface area is 119 Å². The molecule has 0 spiro atoms. The lowest BCUT2D eigenvalue weighted by Crippen LogP contribution is -2.25. The fourth-order valence-corrected chi connectivity index (χ4v) is 4.55. The number of hydrogen-bond acceptors (Lipinski definition) is 4. The second-order valence-corrected chi connectivity index (χ2v) is 7.84. The standard InChI is InChI=1S/C11H12ClNO2S3/c12-7-10-6-9(8-17-10)3-4-13-18(14,15)11-2-1-5-16-11/h1-2,5-6,8,13H,3-4,7H2. The van der Waals surface area contributed by atoms with E-state index in [1.54, 1.807) is 28.8 Å². The van der Waals surface area contributed by atoms with E-state index in [0.717, 1.165) is 10.4 Å². The summed E-state index contributed by atoms with van der Waals surface area (Å²) in [5, 5.41) is 3.76. The van der Waals surface area contributed by atoms with E-state index in [9.17, 15) is 8.42 Å². The summed E-state index contributed by atoms with van der Waals surface area (Å²) in [6.45, 7) is 0.401. The monoisotopic (exact) mass is 321 g/mol. The van der Waals surface area contributed by atoms with Gasteiger partial charge in [0.05, 0.1) is 5.88 Å². The lowest BCUT2D eigenvalue weighted by molar-refractivity contribution is 0.584. The van der Waals surface area contributed by atoms with Gasteiger partial charge in [0.1, 0.15) is 4.21 Å². The van der Waals surface area contributed by atoms with Crippen LogP contribution in [0.25, 0.3) is 0 Å². The van der Waals surface area contributed by atoms with Gasteiger partial charge in [-0.05, 0) is 34.9 Å². The highest BCUT2D eigenvalue weighted by Gasteiger charge is 2.13. The van der Waals surface area contributed by atoms with E-state index >= 15 is 0 Å². The summed E-state index contributed by atoms with van der Waals surface area (Å²) < 4.78 is 26.6. The zero-order valence-electron chi connectivity index (χ0n) is 9.43. The van der Waals surface area contributed by atoms with Crippen molar-refractivity contribution in [3.05, 3.63) is 39.4 Å². The van der Waals surface area contributed by atoms with Gasteiger partial charge in [0, 0.05) is 11.4 Å². The van der Waals surface area contributed by atoms with Crippen LogP contribution < -0.4 is 4.72 Å². The van der Waals surface area contributed by atoms with Crippen LogP contribution in [0.15, 0.2) is 33.2 Å². The predicted octanol–water partition coefficient (Wildman–Crippen LogP) is 3.07. The van der Waals surface area contributed by atoms with Gasteiger partial charge in [-0.2, -0.15) is 0 Å². The smallest absolute Gasteiger partial charge is 0.210 e. The molecular weight excluding hydrogens is 310 g/mol. The van der Waals surface area contributed by atoms with E-state index in [1.165, 1.54) is 11.3 Å². The van der Waals surface area contributed by atoms with Gasteiger partial charge >= 0.3 is 0 Å². The molecular formula is C11H12ClNO2S3. The van der Waals surface area contributed by atoms with Crippen LogP contribution in [0.4, 0.5) is 0 Å². The van der Waals surface area contributed by atoms with E-state index in [-0.39, 0.29) is 0 Å². The number of alkyl halides is 1. The van der Waals surface area contributed by atoms with Crippen LogP contribution >= 0.6 is 34.3 Å². The zero-order chi connectivity index (χ0) is 13.0. The number of hydrogen-bond donors (Lipinski definition) is 1. The molecule has 0 radical (unpaired) electrons. The third-order valence-corrected chi connectivity index (χ3v) is 6.60. The van der Waals surface area contributed by atoms with Crippen LogP contribution in [0.5, 0.6) is 0 Å². The summed E-state index contributed by atoms with van der Waals surface area (Å²) in [4.78, 5) is 1.10. The van der Waals surface area contributed by atoms with Crippen molar-refractivity contribution < 1.29 is 8.42 Å². The van der Waals surface area contributed by atoms with E-state index in [2.05, 4.69) is 4.72 Å². The molecule has 2 aromatic heterocycles. The fraction of sp³-hybridized carbons (Fsp3) is 0.273. The van der Waals surface area contributed by atoms with E-state index in [0.29, 0.717) is 23.1 Å². The molecule has 0 aliphatic heterocycles. The van der Waals surface area contributed by atoms with Gasteiger partial charge in [-0.15, -0.1) is 34.3 Å². The number of thiophene rings is 2. The number of nitrogens with one attached hydrogen (secondary N) is 1. The Bertz CT molecular complexity index is 590. The lowest BCUT2D eigenvalue weighted by Gasteiger charge is -2.03. The highest BCUT2D eigenvalue weighted by atomic mass is 35.5. The molecule has 2 heterocycles. The Balaban J connectivity index is 1.89. The number of sulfonamides is 1. The van der Waals surface area contributed by atoms with Gasteiger partial charge in [0.2, 0.25) is 10.0 Å². The van der Waals surface area contributed by atoms with Gasteiger partial charge in [0.25, 0.3) is 0 Å². The van der Waals surface area contributed by atoms with Crippen molar-refractivity contribution in [3.8, 4) is 0 Å². The molecule has 0 unspecified atom stereocenters. The summed E-state index contributed by atoms with van der Waals surface area (Å²) in [5.41, 5.74) is 1.12. The van der Waals surface area contributed by atoms with Crippen LogP contribution in [0.2, 0.25) is 0 Å². The molecule has 0 amide bonds. The molecule has 0 atom stereocenters. The molecule has 0 aliphatic rings. The van der Waals surface area contributed by atoms with Crippen LogP contribution in [-0.2, 0) is 22.3 Å². The molecule has 0 aromatic carbocycles. The minimum absolute atomic E-state index is 0.356. The van der Waals surface area contributed by atoms with Gasteiger partial charge in [-0.25, -0.2) is 13.1 Å². The Morgan fingerprint density at radius 3 is 2.78 bits per heavy atom. The summed E-state index contributed by atoms with van der Waals surface area (Å²) in [6.07, 6.45) is 0.679. The summed E-state index contributed by atoms with van der Waals surface area (Å²) in [5.74, 6) is 0.506. The fourth-order valence-electron chi connectivity index (χ4n) is 1.44. The maximum absolute atomic E-state index is 11.8. The largest absolute Gasteiger partial charge is 0.250 e. The van der Waals surface area contributed by atoms with Gasteiger partial charge in [-0.1, -0.05) is 6.07 Å². The highest BCUT2D eigenvalue weighted by molar-refractivity contribution is 7.91. The normalized spacial score (nSPS) is 11.8. The average Bonchev–Trinajstić information content (AvgIpc) is 3.00. The third kappa shape index (κ3) is 3.55. The van der Waals surface area contributed by atoms with Crippen LogP contribution in [0.1, 0.15) is 10.4 Å². The van der Waals surface area contributed by atoms with Crippen LogP contribution in [0.3, 0.4) is 0 Å². The molecule has 98 valence electrons. The first-order chi connectivity index (χ1) is 8.62. The van der Waals surface area contributed by atoms with Crippen LogP contribution in [0, 0.1) is 0 Å². The molecule has 18 heavy (non-hydrogen) atoms. The minimum atomic E-state index is -3.34. The SMILES string of the molecule is O=S(=O)(NCCc1csc(CCl)c1)c1cccs1. The van der Waals surface area contributed by atoms with Crippen molar-refractivity contribution in [2.75, 3.05) is 6.54 Å². The molecule has 0 fully saturated rings. The number of rotatable bonds is 6. The minimum Gasteiger partial charge on any atom is -0.210 e. The zero-order valence-corrected chi connectivity index (χ0v) is 12.6. The van der Waals surface area contributed by atoms with Crippen molar-refractivity contribution in [3.63, 3.8) is 0 Å². The Hall–Kier alpha value is -0.400. The first kappa shape index (κ1) is 14.0. The molecule has 2 rings (SSSR count). The van der Waals surface area contributed by atoms with E-state index in [1.807, 2.05) is 11.4 Å². The van der Waals surface area contributed by atoms with Gasteiger partial charge in [-0.3, -0.25) is 0 Å². The van der Waals surface area contributed by atoms with Gasteiger partial charge < -0.3 is 0 Å². The first-order valence-electron chi connectivity index (χ1n) is 5.27. The molecule has 0 saturated heterocycles. The Morgan fingerprint density at radius 2 is 2.17 bits per heavy atom. The number of halogens is 1. The molecule has 3 nitrogen and oxygen atoms in total. The van der Waals surface area contributed by atoms with E-state index in [4.69, 9.17) is 11.6 Å². The molecule has 0 saturated carbocycles. The molecule has 0 bridgehead atoms. The van der Waals surface area contributed by atoms with E-state index < -0.39 is 10.0 Å². The average molecular weight is 322 g/mol. The van der Waals surface area contributed by atoms with Crippen molar-refractivity contribution in [2.24, 2.45) is 0 Å². The molecule has 0 aliphatic carbocycles. The first-order valence-corrected chi connectivity index (χ1v) is 9.05. The Morgan fingerprint density at radius 1 is 1.33 bits per heavy atom. The molecule has 1 N–H and O–H groups in total. The molecule has 2 aromatic rings. The van der Waals surface area contributed by atoms with Crippen molar-refractivity contribution in [2.45, 2.75) is 16.5 Å². The summed E-state index contributed by atoms with van der Waals surface area (Å²) >= 11 is 8.53. The topological polar surface area (TPSA) is 46.2 Å². The summed E-state index contributed by atoms with van der Waals surface area (Å²) in [6, 6.07) is 5.34. The Kier molecular flexibility index (Phi) is 4.80. The summed E-state index contributed by atoms with van der Waals surface area (Å²) in [7, 11) is -3.34. The lowest BCUT2D eigenvalue weighted by atomic mass is 10.2. The van der Waals surface area contributed by atoms with Gasteiger partial charge in [0.15, 0.2) is 0 Å². The second kappa shape index (κ2) is 6.16.